The van der Waals surface area contributed by atoms with Gasteiger partial charge in [-0.05, 0) is 46.5 Å². The number of benzene rings is 1. The van der Waals surface area contributed by atoms with Gasteiger partial charge in [-0.3, -0.25) is 4.79 Å². The zero-order valence-electron chi connectivity index (χ0n) is 10.6. The van der Waals surface area contributed by atoms with Crippen molar-refractivity contribution in [3.63, 3.8) is 0 Å². The predicted molar refractivity (Wildman–Crippen MR) is 72.4 cm³/mol. The number of hydrogen-bond acceptors (Lipinski definition) is 2. The van der Waals surface area contributed by atoms with Crippen LogP contribution >= 0.6 is 15.9 Å². The molecule has 0 aliphatic rings. The molecule has 1 aromatic carbocycles. The van der Waals surface area contributed by atoms with E-state index in [9.17, 15) is 14.0 Å². The van der Waals surface area contributed by atoms with Crippen LogP contribution < -0.4 is 5.32 Å². The molecule has 0 heterocycles. The van der Waals surface area contributed by atoms with Crippen LogP contribution in [0.5, 0.6) is 0 Å². The first kappa shape index (κ1) is 15.6. The van der Waals surface area contributed by atoms with E-state index in [1.165, 1.54) is 12.1 Å². The number of carbonyl (C=O) groups excluding carboxylic acids is 1. The van der Waals surface area contributed by atoms with Crippen molar-refractivity contribution in [1.82, 2.24) is 5.32 Å². The second-order valence-electron chi connectivity index (χ2n) is 4.62. The van der Waals surface area contributed by atoms with Crippen molar-refractivity contribution in [2.24, 2.45) is 5.92 Å². The van der Waals surface area contributed by atoms with Gasteiger partial charge < -0.3 is 10.4 Å². The Morgan fingerprint density at radius 1 is 1.42 bits per heavy atom. The molecule has 0 aliphatic carbocycles. The Morgan fingerprint density at radius 3 is 2.58 bits per heavy atom. The van der Waals surface area contributed by atoms with Gasteiger partial charge in [0.2, 0.25) is 0 Å². The Kier molecular flexibility index (Phi) is 5.47. The normalized spacial score (nSPS) is 12.3. The number of nitrogens with one attached hydrogen (secondary N) is 1. The largest absolute Gasteiger partial charge is 0.480 e. The van der Waals surface area contributed by atoms with Crippen LogP contribution in [0.4, 0.5) is 4.39 Å². The standard InChI is InChI=1S/C13H15BrFNO3/c1-7(2)5-11(13(18)19)16-12(17)9-6-8(15)3-4-10(9)14/h3-4,6-7,11H,5H2,1-2H3,(H,16,17)(H,18,19)/t11-/m0/s1. The third-order valence-electron chi connectivity index (χ3n) is 2.48. The topological polar surface area (TPSA) is 66.4 Å². The van der Waals surface area contributed by atoms with Crippen molar-refractivity contribution >= 4 is 27.8 Å². The fraction of sp³-hybridized carbons (Fsp3) is 0.385. The molecule has 1 amide bonds. The fourth-order valence-electron chi connectivity index (χ4n) is 1.60. The Hall–Kier alpha value is -1.43. The Morgan fingerprint density at radius 2 is 2.05 bits per heavy atom. The molecule has 0 saturated heterocycles. The lowest BCUT2D eigenvalue weighted by atomic mass is 10.0. The zero-order valence-corrected chi connectivity index (χ0v) is 12.2. The lowest BCUT2D eigenvalue weighted by molar-refractivity contribution is -0.139. The highest BCUT2D eigenvalue weighted by Crippen LogP contribution is 2.18. The Bertz CT molecular complexity index is 491. The minimum atomic E-state index is -1.10. The van der Waals surface area contributed by atoms with E-state index in [0.717, 1.165) is 6.07 Å². The third kappa shape index (κ3) is 4.63. The molecule has 1 aromatic rings. The highest BCUT2D eigenvalue weighted by Gasteiger charge is 2.22. The summed E-state index contributed by atoms with van der Waals surface area (Å²) in [6.45, 7) is 3.72. The first-order chi connectivity index (χ1) is 8.81. The van der Waals surface area contributed by atoms with Crippen LogP contribution in [0.2, 0.25) is 0 Å². The van der Waals surface area contributed by atoms with Crippen LogP contribution in [0.1, 0.15) is 30.6 Å². The molecule has 6 heteroatoms. The van der Waals surface area contributed by atoms with Gasteiger partial charge in [-0.2, -0.15) is 0 Å². The van der Waals surface area contributed by atoms with E-state index in [1.807, 2.05) is 13.8 Å². The maximum absolute atomic E-state index is 13.1. The molecule has 0 aliphatic heterocycles. The van der Waals surface area contributed by atoms with Gasteiger partial charge in [-0.25, -0.2) is 9.18 Å². The van der Waals surface area contributed by atoms with E-state index in [0.29, 0.717) is 10.9 Å². The molecule has 2 N–H and O–H groups in total. The van der Waals surface area contributed by atoms with Crippen LogP contribution in [-0.4, -0.2) is 23.0 Å². The fourth-order valence-corrected chi connectivity index (χ4v) is 2.03. The third-order valence-corrected chi connectivity index (χ3v) is 3.18. The van der Waals surface area contributed by atoms with E-state index in [-0.39, 0.29) is 11.5 Å². The molecular formula is C13H15BrFNO3. The lowest BCUT2D eigenvalue weighted by Crippen LogP contribution is -2.41. The quantitative estimate of drug-likeness (QED) is 0.871. The average molecular weight is 332 g/mol. The number of aliphatic carboxylic acids is 1. The van der Waals surface area contributed by atoms with E-state index < -0.39 is 23.7 Å². The van der Waals surface area contributed by atoms with Crippen molar-refractivity contribution < 1.29 is 19.1 Å². The molecule has 1 rings (SSSR count). The summed E-state index contributed by atoms with van der Waals surface area (Å²) >= 11 is 3.13. The van der Waals surface area contributed by atoms with Gasteiger partial charge >= 0.3 is 5.97 Å². The number of amides is 1. The number of halogens is 2. The Labute approximate surface area is 119 Å². The van der Waals surface area contributed by atoms with Crippen LogP contribution in [0.15, 0.2) is 22.7 Å². The van der Waals surface area contributed by atoms with Crippen molar-refractivity contribution in [2.75, 3.05) is 0 Å². The molecule has 0 spiro atoms. The summed E-state index contributed by atoms with van der Waals surface area (Å²) in [5, 5.41) is 11.4. The summed E-state index contributed by atoms with van der Waals surface area (Å²) < 4.78 is 13.5. The van der Waals surface area contributed by atoms with Gasteiger partial charge in [0.1, 0.15) is 11.9 Å². The molecular weight excluding hydrogens is 317 g/mol. The van der Waals surface area contributed by atoms with Crippen molar-refractivity contribution in [1.29, 1.82) is 0 Å². The monoisotopic (exact) mass is 331 g/mol. The van der Waals surface area contributed by atoms with Gasteiger partial charge in [0, 0.05) is 4.47 Å². The first-order valence-electron chi connectivity index (χ1n) is 5.80. The van der Waals surface area contributed by atoms with Crippen molar-refractivity contribution in [3.8, 4) is 0 Å². The van der Waals surface area contributed by atoms with Gasteiger partial charge in [-0.15, -0.1) is 0 Å². The molecule has 1 atom stereocenters. The second kappa shape index (κ2) is 6.65. The van der Waals surface area contributed by atoms with E-state index in [2.05, 4.69) is 21.2 Å². The molecule has 0 saturated carbocycles. The van der Waals surface area contributed by atoms with Crippen LogP contribution in [0.25, 0.3) is 0 Å². The number of carbonyl (C=O) groups is 2. The maximum Gasteiger partial charge on any atom is 0.326 e. The van der Waals surface area contributed by atoms with Gasteiger partial charge in [0.25, 0.3) is 5.91 Å². The first-order valence-corrected chi connectivity index (χ1v) is 6.59. The number of rotatable bonds is 5. The maximum atomic E-state index is 13.1. The minimum Gasteiger partial charge on any atom is -0.480 e. The summed E-state index contributed by atoms with van der Waals surface area (Å²) in [5.74, 6) is -2.14. The number of carboxylic acid groups (broad SMARTS) is 1. The smallest absolute Gasteiger partial charge is 0.326 e. The van der Waals surface area contributed by atoms with Gasteiger partial charge in [-0.1, -0.05) is 13.8 Å². The summed E-state index contributed by atoms with van der Waals surface area (Å²) in [5.41, 5.74) is 0.0787. The molecule has 0 fully saturated rings. The molecule has 0 aromatic heterocycles. The summed E-state index contributed by atoms with van der Waals surface area (Å²) in [4.78, 5) is 23.0. The van der Waals surface area contributed by atoms with Crippen LogP contribution in [-0.2, 0) is 4.79 Å². The molecule has 0 radical (unpaired) electrons. The Balaban J connectivity index is 2.87. The van der Waals surface area contributed by atoms with Crippen LogP contribution in [0, 0.1) is 11.7 Å². The molecule has 0 unspecified atom stereocenters. The minimum absolute atomic E-state index is 0.0787. The highest BCUT2D eigenvalue weighted by molar-refractivity contribution is 9.10. The van der Waals surface area contributed by atoms with Gasteiger partial charge in [0.05, 0.1) is 5.56 Å². The van der Waals surface area contributed by atoms with Crippen molar-refractivity contribution in [2.45, 2.75) is 26.3 Å². The zero-order chi connectivity index (χ0) is 14.6. The highest BCUT2D eigenvalue weighted by atomic mass is 79.9. The lowest BCUT2D eigenvalue weighted by Gasteiger charge is -2.17. The molecule has 19 heavy (non-hydrogen) atoms. The summed E-state index contributed by atoms with van der Waals surface area (Å²) in [6.07, 6.45) is 0.314. The van der Waals surface area contributed by atoms with E-state index >= 15 is 0 Å². The second-order valence-corrected chi connectivity index (χ2v) is 5.47. The SMILES string of the molecule is CC(C)C[C@H](NC(=O)c1cc(F)ccc1Br)C(=O)O. The number of carboxylic acids is 1. The van der Waals surface area contributed by atoms with E-state index in [1.54, 1.807) is 0 Å². The molecule has 4 nitrogen and oxygen atoms in total. The van der Waals surface area contributed by atoms with E-state index in [4.69, 9.17) is 5.11 Å². The van der Waals surface area contributed by atoms with Crippen molar-refractivity contribution in [3.05, 3.63) is 34.1 Å². The number of hydrogen-bond donors (Lipinski definition) is 2. The van der Waals surface area contributed by atoms with Gasteiger partial charge in [0.15, 0.2) is 0 Å². The molecule has 104 valence electrons. The average Bonchev–Trinajstić information content (AvgIpc) is 2.30. The predicted octanol–water partition coefficient (Wildman–Crippen LogP) is 2.82. The molecule has 0 bridgehead atoms. The van der Waals surface area contributed by atoms with Crippen LogP contribution in [0.3, 0.4) is 0 Å². The summed E-state index contributed by atoms with van der Waals surface area (Å²) in [7, 11) is 0. The summed E-state index contributed by atoms with van der Waals surface area (Å²) in [6, 6.07) is 2.70.